The van der Waals surface area contributed by atoms with Crippen LogP contribution in [0.15, 0.2) is 42.5 Å². The van der Waals surface area contributed by atoms with Crippen LogP contribution in [0.1, 0.15) is 6.42 Å². The van der Waals surface area contributed by atoms with Crippen LogP contribution in [0.3, 0.4) is 0 Å². The number of rotatable bonds is 3. The summed E-state index contributed by atoms with van der Waals surface area (Å²) in [7, 11) is 3.35. The predicted octanol–water partition coefficient (Wildman–Crippen LogP) is 2.46. The van der Waals surface area contributed by atoms with E-state index >= 15 is 0 Å². The molecule has 0 spiro atoms. The van der Waals surface area contributed by atoms with Gasteiger partial charge in [0.25, 0.3) is 0 Å². The first-order valence-electron chi connectivity index (χ1n) is 7.11. The zero-order chi connectivity index (χ0) is 14.8. The van der Waals surface area contributed by atoms with Gasteiger partial charge in [-0.15, -0.1) is 0 Å². The Kier molecular flexibility index (Phi) is 3.80. The third-order valence-electron chi connectivity index (χ3n) is 4.01. The SMILES string of the molecule is COC(=O)C1CC(Oc2ccc3ccccc3c2)CN1C. The number of carbonyl (C=O) groups is 1. The summed E-state index contributed by atoms with van der Waals surface area (Å²) in [5.74, 6) is 0.653. The number of ether oxygens (including phenoxy) is 2. The van der Waals surface area contributed by atoms with Gasteiger partial charge in [0.1, 0.15) is 17.9 Å². The molecule has 2 unspecified atom stereocenters. The number of esters is 1. The van der Waals surface area contributed by atoms with E-state index in [-0.39, 0.29) is 18.1 Å². The molecule has 0 bridgehead atoms. The van der Waals surface area contributed by atoms with Gasteiger partial charge in [-0.25, -0.2) is 0 Å². The van der Waals surface area contributed by atoms with Crippen LogP contribution < -0.4 is 4.74 Å². The molecule has 0 N–H and O–H groups in total. The molecular formula is C17H19NO3. The van der Waals surface area contributed by atoms with Crippen LogP contribution in [-0.2, 0) is 9.53 Å². The second-order valence-electron chi connectivity index (χ2n) is 5.46. The highest BCUT2D eigenvalue weighted by Gasteiger charge is 2.36. The Morgan fingerprint density at radius 1 is 1.19 bits per heavy atom. The standard InChI is InChI=1S/C17H19NO3/c1-18-11-15(10-16(18)17(19)20-2)21-14-8-7-12-5-3-4-6-13(12)9-14/h3-9,15-16H,10-11H2,1-2H3. The number of likely N-dealkylation sites (N-methyl/N-ethyl adjacent to an activating group) is 1. The maximum atomic E-state index is 11.7. The van der Waals surface area contributed by atoms with Crippen molar-refractivity contribution in [1.82, 2.24) is 4.90 Å². The molecule has 1 fully saturated rings. The van der Waals surface area contributed by atoms with Crippen LogP contribution in [0.2, 0.25) is 0 Å². The summed E-state index contributed by atoms with van der Waals surface area (Å²) in [6.45, 7) is 0.729. The maximum Gasteiger partial charge on any atom is 0.323 e. The van der Waals surface area contributed by atoms with E-state index in [0.29, 0.717) is 6.42 Å². The van der Waals surface area contributed by atoms with Crippen molar-refractivity contribution in [2.45, 2.75) is 18.6 Å². The minimum Gasteiger partial charge on any atom is -0.489 e. The van der Waals surface area contributed by atoms with Gasteiger partial charge < -0.3 is 9.47 Å². The molecule has 0 saturated carbocycles. The van der Waals surface area contributed by atoms with Crippen molar-refractivity contribution in [3.05, 3.63) is 42.5 Å². The number of benzene rings is 2. The van der Waals surface area contributed by atoms with Crippen LogP contribution in [0.4, 0.5) is 0 Å². The molecule has 1 aliphatic heterocycles. The van der Waals surface area contributed by atoms with Gasteiger partial charge >= 0.3 is 5.97 Å². The van der Waals surface area contributed by atoms with E-state index in [9.17, 15) is 4.79 Å². The molecule has 2 aromatic rings. The average Bonchev–Trinajstić information content (AvgIpc) is 2.87. The summed E-state index contributed by atoms with van der Waals surface area (Å²) in [5, 5.41) is 2.35. The molecule has 0 aromatic heterocycles. The van der Waals surface area contributed by atoms with Crippen molar-refractivity contribution in [3.63, 3.8) is 0 Å². The molecule has 3 rings (SSSR count). The van der Waals surface area contributed by atoms with Crippen LogP contribution in [0.25, 0.3) is 10.8 Å². The third kappa shape index (κ3) is 2.85. The Bertz CT molecular complexity index is 655. The summed E-state index contributed by atoms with van der Waals surface area (Å²) in [6.07, 6.45) is 0.677. The molecule has 0 radical (unpaired) electrons. The molecule has 2 atom stereocenters. The first-order chi connectivity index (χ1) is 10.2. The van der Waals surface area contributed by atoms with Crippen LogP contribution in [0.5, 0.6) is 5.75 Å². The lowest BCUT2D eigenvalue weighted by molar-refractivity contribution is -0.145. The summed E-state index contributed by atoms with van der Waals surface area (Å²) < 4.78 is 10.9. The fourth-order valence-electron chi connectivity index (χ4n) is 2.88. The second-order valence-corrected chi connectivity index (χ2v) is 5.46. The Morgan fingerprint density at radius 3 is 2.71 bits per heavy atom. The average molecular weight is 285 g/mol. The quantitative estimate of drug-likeness (QED) is 0.812. The molecule has 0 aliphatic carbocycles. The first kappa shape index (κ1) is 13.9. The number of hydrogen-bond donors (Lipinski definition) is 0. The minimum atomic E-state index is -0.208. The smallest absolute Gasteiger partial charge is 0.323 e. The number of hydrogen-bond acceptors (Lipinski definition) is 4. The van der Waals surface area contributed by atoms with Gasteiger partial charge in [0, 0.05) is 13.0 Å². The van der Waals surface area contributed by atoms with Crippen molar-refractivity contribution in [3.8, 4) is 5.75 Å². The highest BCUT2D eigenvalue weighted by Crippen LogP contribution is 2.25. The fraction of sp³-hybridized carbons (Fsp3) is 0.353. The van der Waals surface area contributed by atoms with Crippen LogP contribution >= 0.6 is 0 Å². The highest BCUT2D eigenvalue weighted by atomic mass is 16.5. The first-order valence-corrected chi connectivity index (χ1v) is 7.11. The Balaban J connectivity index is 1.72. The Labute approximate surface area is 124 Å². The molecule has 4 nitrogen and oxygen atoms in total. The maximum absolute atomic E-state index is 11.7. The molecule has 1 aliphatic rings. The Morgan fingerprint density at radius 2 is 1.95 bits per heavy atom. The lowest BCUT2D eigenvalue weighted by Gasteiger charge is -2.15. The van der Waals surface area contributed by atoms with E-state index < -0.39 is 0 Å². The summed E-state index contributed by atoms with van der Waals surface area (Å²) in [6, 6.07) is 14.1. The van der Waals surface area contributed by atoms with E-state index in [1.807, 2.05) is 36.2 Å². The molecule has 0 amide bonds. The summed E-state index contributed by atoms with van der Waals surface area (Å²) >= 11 is 0. The largest absolute Gasteiger partial charge is 0.489 e. The normalized spacial score (nSPS) is 22.4. The van der Waals surface area contributed by atoms with E-state index in [0.717, 1.165) is 17.7 Å². The number of carbonyl (C=O) groups excluding carboxylic acids is 1. The van der Waals surface area contributed by atoms with Gasteiger partial charge in [-0.1, -0.05) is 30.3 Å². The molecule has 21 heavy (non-hydrogen) atoms. The number of nitrogens with zero attached hydrogens (tertiary/aromatic N) is 1. The minimum absolute atomic E-state index is 0.0141. The summed E-state index contributed by atoms with van der Waals surface area (Å²) in [5.41, 5.74) is 0. The van der Waals surface area contributed by atoms with E-state index in [1.165, 1.54) is 12.5 Å². The third-order valence-corrected chi connectivity index (χ3v) is 4.01. The Hall–Kier alpha value is -2.07. The van der Waals surface area contributed by atoms with E-state index in [1.54, 1.807) is 0 Å². The van der Waals surface area contributed by atoms with Gasteiger partial charge in [0.15, 0.2) is 0 Å². The van der Waals surface area contributed by atoms with E-state index in [4.69, 9.17) is 9.47 Å². The molecular weight excluding hydrogens is 266 g/mol. The molecule has 1 heterocycles. The number of likely N-dealkylation sites (tertiary alicyclic amines) is 1. The van der Waals surface area contributed by atoms with Gasteiger partial charge in [-0.05, 0) is 30.0 Å². The van der Waals surface area contributed by atoms with Crippen LogP contribution in [0, 0.1) is 0 Å². The van der Waals surface area contributed by atoms with Gasteiger partial charge in [-0.3, -0.25) is 9.69 Å². The van der Waals surface area contributed by atoms with Gasteiger partial charge in [-0.2, -0.15) is 0 Å². The monoisotopic (exact) mass is 285 g/mol. The molecule has 2 aromatic carbocycles. The van der Waals surface area contributed by atoms with Crippen molar-refractivity contribution in [2.24, 2.45) is 0 Å². The highest BCUT2D eigenvalue weighted by molar-refractivity contribution is 5.83. The van der Waals surface area contributed by atoms with Gasteiger partial charge in [0.2, 0.25) is 0 Å². The molecule has 1 saturated heterocycles. The summed E-state index contributed by atoms with van der Waals surface area (Å²) in [4.78, 5) is 13.7. The van der Waals surface area contributed by atoms with Crippen molar-refractivity contribution in [1.29, 1.82) is 0 Å². The topological polar surface area (TPSA) is 38.8 Å². The van der Waals surface area contributed by atoms with Gasteiger partial charge in [0.05, 0.1) is 7.11 Å². The zero-order valence-corrected chi connectivity index (χ0v) is 12.3. The van der Waals surface area contributed by atoms with Crippen molar-refractivity contribution in [2.75, 3.05) is 20.7 Å². The lowest BCUT2D eigenvalue weighted by Crippen LogP contribution is -2.33. The van der Waals surface area contributed by atoms with Crippen molar-refractivity contribution >= 4 is 16.7 Å². The number of fused-ring (bicyclic) bond motifs is 1. The lowest BCUT2D eigenvalue weighted by atomic mass is 10.1. The fourth-order valence-corrected chi connectivity index (χ4v) is 2.88. The zero-order valence-electron chi connectivity index (χ0n) is 12.3. The van der Waals surface area contributed by atoms with Crippen molar-refractivity contribution < 1.29 is 14.3 Å². The van der Waals surface area contributed by atoms with E-state index in [2.05, 4.69) is 18.2 Å². The second kappa shape index (κ2) is 5.74. The molecule has 110 valence electrons. The molecule has 4 heteroatoms. The number of methoxy groups -OCH3 is 1. The predicted molar refractivity (Wildman–Crippen MR) is 81.4 cm³/mol. The van der Waals surface area contributed by atoms with Crippen LogP contribution in [-0.4, -0.2) is 43.7 Å².